The highest BCUT2D eigenvalue weighted by Gasteiger charge is 2.25. The summed E-state index contributed by atoms with van der Waals surface area (Å²) in [6.07, 6.45) is 4.16. The Hall–Kier alpha value is -2.19. The van der Waals surface area contributed by atoms with Gasteiger partial charge in [-0.15, -0.1) is 11.3 Å². The van der Waals surface area contributed by atoms with Gasteiger partial charge in [0.15, 0.2) is 5.16 Å². The molecule has 1 amide bonds. The van der Waals surface area contributed by atoms with Gasteiger partial charge in [0.25, 0.3) is 5.56 Å². The zero-order valence-electron chi connectivity index (χ0n) is 18.0. The number of rotatable bonds is 6. The molecule has 4 rings (SSSR count). The summed E-state index contributed by atoms with van der Waals surface area (Å²) in [5.74, 6) is -0.220. The summed E-state index contributed by atoms with van der Waals surface area (Å²) in [4.78, 5) is 32.5. The van der Waals surface area contributed by atoms with E-state index < -0.39 is 0 Å². The third-order valence-electron chi connectivity index (χ3n) is 5.94. The Balaban J connectivity index is 1.53. The van der Waals surface area contributed by atoms with Crippen molar-refractivity contribution in [1.29, 1.82) is 0 Å². The van der Waals surface area contributed by atoms with Crippen LogP contribution in [0.3, 0.4) is 0 Å². The smallest absolute Gasteiger partial charge is 0.263 e. The molecule has 0 atom stereocenters. The van der Waals surface area contributed by atoms with Crippen molar-refractivity contribution >= 4 is 39.2 Å². The zero-order chi connectivity index (χ0) is 22.1. The Morgan fingerprint density at radius 3 is 2.74 bits per heavy atom. The second-order valence-corrected chi connectivity index (χ2v) is 10.3. The van der Waals surface area contributed by atoms with Crippen LogP contribution in [0.1, 0.15) is 53.3 Å². The number of hydrogen-bond donors (Lipinski definition) is 1. The fraction of sp³-hybridized carbons (Fsp3) is 0.435. The van der Waals surface area contributed by atoms with E-state index in [1.807, 2.05) is 18.4 Å². The fourth-order valence-electron chi connectivity index (χ4n) is 4.07. The summed E-state index contributed by atoms with van der Waals surface area (Å²) < 4.78 is 15.2. The van der Waals surface area contributed by atoms with Crippen molar-refractivity contribution in [2.45, 2.75) is 64.2 Å². The van der Waals surface area contributed by atoms with E-state index in [4.69, 9.17) is 4.98 Å². The van der Waals surface area contributed by atoms with Crippen LogP contribution in [0.5, 0.6) is 0 Å². The van der Waals surface area contributed by atoms with Gasteiger partial charge in [0.05, 0.1) is 11.1 Å². The minimum Gasteiger partial charge on any atom is -0.351 e. The van der Waals surface area contributed by atoms with E-state index in [1.165, 1.54) is 29.2 Å². The van der Waals surface area contributed by atoms with Gasteiger partial charge in [-0.2, -0.15) is 0 Å². The number of hydrogen-bond acceptors (Lipinski definition) is 5. The van der Waals surface area contributed by atoms with Crippen LogP contribution in [0, 0.1) is 26.6 Å². The molecule has 1 aliphatic rings. The standard InChI is InChI=1S/C23H26FN3O2S2/c1-13-10-16(8-9-18(13)24)11-25-19(28)12-30-23-26-21-20(14(2)15(3)31-21)22(29)27(23)17-6-4-5-7-17/h8-10,17H,4-7,11-12H2,1-3H3,(H,25,28). The number of thiophene rings is 1. The van der Waals surface area contributed by atoms with Crippen molar-refractivity contribution in [3.05, 3.63) is 55.9 Å². The van der Waals surface area contributed by atoms with Gasteiger partial charge in [0, 0.05) is 17.5 Å². The quantitative estimate of drug-likeness (QED) is 0.414. The normalized spacial score (nSPS) is 14.5. The molecular formula is C23H26FN3O2S2. The Bertz CT molecular complexity index is 1200. The van der Waals surface area contributed by atoms with Crippen LogP contribution in [0.4, 0.5) is 4.39 Å². The number of halogens is 1. The fourth-order valence-corrected chi connectivity index (χ4v) is 6.04. The van der Waals surface area contributed by atoms with E-state index in [2.05, 4.69) is 5.32 Å². The predicted molar refractivity (Wildman–Crippen MR) is 125 cm³/mol. The minimum absolute atomic E-state index is 0.0171. The molecule has 2 aromatic heterocycles. The van der Waals surface area contributed by atoms with Crippen molar-refractivity contribution in [3.8, 4) is 0 Å². The second kappa shape index (κ2) is 9.12. The SMILES string of the molecule is Cc1cc(CNC(=O)CSc2nc3sc(C)c(C)c3c(=O)n2C2CCCC2)ccc1F. The largest absolute Gasteiger partial charge is 0.351 e. The average molecular weight is 460 g/mol. The molecule has 2 heterocycles. The van der Waals surface area contributed by atoms with Gasteiger partial charge in [-0.3, -0.25) is 14.2 Å². The first-order valence-corrected chi connectivity index (χ1v) is 12.3. The van der Waals surface area contributed by atoms with E-state index in [0.717, 1.165) is 51.9 Å². The van der Waals surface area contributed by atoms with Crippen LogP contribution < -0.4 is 10.9 Å². The van der Waals surface area contributed by atoms with E-state index in [1.54, 1.807) is 19.1 Å². The number of amides is 1. The van der Waals surface area contributed by atoms with E-state index >= 15 is 0 Å². The molecular weight excluding hydrogens is 433 g/mol. The van der Waals surface area contributed by atoms with Gasteiger partial charge in [-0.25, -0.2) is 9.37 Å². The highest BCUT2D eigenvalue weighted by molar-refractivity contribution is 7.99. The van der Waals surface area contributed by atoms with Crippen molar-refractivity contribution in [1.82, 2.24) is 14.9 Å². The van der Waals surface area contributed by atoms with Crippen molar-refractivity contribution in [2.24, 2.45) is 0 Å². The molecule has 1 saturated carbocycles. The lowest BCUT2D eigenvalue weighted by molar-refractivity contribution is -0.118. The zero-order valence-corrected chi connectivity index (χ0v) is 19.6. The monoisotopic (exact) mass is 459 g/mol. The molecule has 0 radical (unpaired) electrons. The lowest BCUT2D eigenvalue weighted by Crippen LogP contribution is -2.28. The molecule has 0 saturated heterocycles. The molecule has 31 heavy (non-hydrogen) atoms. The number of fused-ring (bicyclic) bond motifs is 1. The van der Waals surface area contributed by atoms with Gasteiger partial charge in [-0.1, -0.05) is 36.7 Å². The molecule has 1 fully saturated rings. The Labute approximate surface area is 189 Å². The lowest BCUT2D eigenvalue weighted by atomic mass is 10.1. The molecule has 164 valence electrons. The summed E-state index contributed by atoms with van der Waals surface area (Å²) in [5, 5.41) is 4.22. The highest BCUT2D eigenvalue weighted by Crippen LogP contribution is 2.34. The van der Waals surface area contributed by atoms with Crippen molar-refractivity contribution < 1.29 is 9.18 Å². The Morgan fingerprint density at radius 2 is 2.03 bits per heavy atom. The molecule has 0 unspecified atom stereocenters. The molecule has 0 bridgehead atoms. The summed E-state index contributed by atoms with van der Waals surface area (Å²) in [6, 6.07) is 4.97. The molecule has 0 aliphatic heterocycles. The summed E-state index contributed by atoms with van der Waals surface area (Å²) >= 11 is 2.85. The lowest BCUT2D eigenvalue weighted by Gasteiger charge is -2.18. The van der Waals surface area contributed by atoms with Gasteiger partial charge in [0.1, 0.15) is 10.6 Å². The summed E-state index contributed by atoms with van der Waals surface area (Å²) in [6.45, 7) is 6.03. The van der Waals surface area contributed by atoms with E-state index in [0.29, 0.717) is 17.3 Å². The highest BCUT2D eigenvalue weighted by atomic mass is 32.2. The molecule has 1 aliphatic carbocycles. The number of nitrogens with one attached hydrogen (secondary N) is 1. The first kappa shape index (κ1) is 22.0. The molecule has 8 heteroatoms. The van der Waals surface area contributed by atoms with Crippen LogP contribution in [-0.4, -0.2) is 21.2 Å². The van der Waals surface area contributed by atoms with Crippen LogP contribution in [0.25, 0.3) is 10.2 Å². The van der Waals surface area contributed by atoms with E-state index in [-0.39, 0.29) is 29.1 Å². The summed E-state index contributed by atoms with van der Waals surface area (Å²) in [5.41, 5.74) is 2.43. The van der Waals surface area contributed by atoms with E-state index in [9.17, 15) is 14.0 Å². The van der Waals surface area contributed by atoms with Gasteiger partial charge in [-0.05, 0) is 56.4 Å². The molecule has 5 nitrogen and oxygen atoms in total. The predicted octanol–water partition coefficient (Wildman–Crippen LogP) is 5.05. The summed E-state index contributed by atoms with van der Waals surface area (Å²) in [7, 11) is 0. The van der Waals surface area contributed by atoms with Crippen LogP contribution >= 0.6 is 23.1 Å². The maximum Gasteiger partial charge on any atom is 0.263 e. The first-order chi connectivity index (χ1) is 14.8. The van der Waals surface area contributed by atoms with Gasteiger partial charge >= 0.3 is 0 Å². The number of carbonyl (C=O) groups excluding carboxylic acids is 1. The number of thioether (sulfide) groups is 1. The van der Waals surface area contributed by atoms with Crippen LogP contribution in [-0.2, 0) is 11.3 Å². The molecule has 0 spiro atoms. The Kier molecular flexibility index (Phi) is 6.48. The molecule has 1 aromatic carbocycles. The van der Waals surface area contributed by atoms with Crippen LogP contribution in [0.15, 0.2) is 28.2 Å². The third-order valence-corrected chi connectivity index (χ3v) is 7.99. The first-order valence-electron chi connectivity index (χ1n) is 10.5. The molecule has 1 N–H and O–H groups in total. The van der Waals surface area contributed by atoms with Gasteiger partial charge < -0.3 is 5.32 Å². The number of benzene rings is 1. The average Bonchev–Trinajstić information content (AvgIpc) is 3.36. The Morgan fingerprint density at radius 1 is 1.29 bits per heavy atom. The number of carbonyl (C=O) groups is 1. The molecule has 3 aromatic rings. The van der Waals surface area contributed by atoms with Crippen LogP contribution in [0.2, 0.25) is 0 Å². The maximum atomic E-state index is 13.4. The number of aromatic nitrogens is 2. The maximum absolute atomic E-state index is 13.4. The number of aryl methyl sites for hydroxylation is 3. The topological polar surface area (TPSA) is 64.0 Å². The third kappa shape index (κ3) is 4.55. The van der Waals surface area contributed by atoms with Crippen molar-refractivity contribution in [3.63, 3.8) is 0 Å². The van der Waals surface area contributed by atoms with Crippen molar-refractivity contribution in [2.75, 3.05) is 5.75 Å². The minimum atomic E-state index is -0.254. The van der Waals surface area contributed by atoms with Gasteiger partial charge in [0.2, 0.25) is 5.91 Å². The number of nitrogens with zero attached hydrogens (tertiary/aromatic N) is 2. The second-order valence-electron chi connectivity index (χ2n) is 8.12.